The quantitative estimate of drug-likeness (QED) is 0.104. The molecule has 0 aromatic heterocycles. The molecular formula is C23H46O10S. The highest BCUT2D eigenvalue weighted by Crippen LogP contribution is 2.08. The van der Waals surface area contributed by atoms with Crippen molar-refractivity contribution in [1.29, 1.82) is 0 Å². The zero-order valence-corrected chi connectivity index (χ0v) is 22.2. The fourth-order valence-corrected chi connectivity index (χ4v) is 2.38. The van der Waals surface area contributed by atoms with E-state index in [4.69, 9.17) is 42.6 Å². The lowest BCUT2D eigenvalue weighted by Gasteiger charge is -2.19. The molecule has 0 rings (SSSR count). The summed E-state index contributed by atoms with van der Waals surface area (Å²) in [5.41, 5.74) is -0.465. The summed E-state index contributed by atoms with van der Waals surface area (Å²) in [7, 11) is 0. The Balaban J connectivity index is 3.10. The molecule has 0 aliphatic heterocycles. The first-order valence-electron chi connectivity index (χ1n) is 11.9. The van der Waals surface area contributed by atoms with Crippen molar-refractivity contribution in [2.45, 2.75) is 32.8 Å². The van der Waals surface area contributed by atoms with Crippen LogP contribution in [0.15, 0.2) is 0 Å². The zero-order valence-electron chi connectivity index (χ0n) is 21.3. The molecule has 204 valence electrons. The molecule has 0 amide bonds. The van der Waals surface area contributed by atoms with Gasteiger partial charge in [0.15, 0.2) is 0 Å². The Bertz CT molecular complexity index is 434. The first-order chi connectivity index (χ1) is 16.5. The van der Waals surface area contributed by atoms with Crippen LogP contribution in [0.4, 0.5) is 0 Å². The molecule has 10 nitrogen and oxygen atoms in total. The van der Waals surface area contributed by atoms with Gasteiger partial charge in [0, 0.05) is 5.75 Å². The molecule has 0 aromatic carbocycles. The van der Waals surface area contributed by atoms with Crippen molar-refractivity contribution >= 4 is 18.6 Å². The molecule has 0 heterocycles. The van der Waals surface area contributed by atoms with Gasteiger partial charge >= 0.3 is 5.97 Å². The average molecular weight is 515 g/mol. The summed E-state index contributed by atoms with van der Waals surface area (Å²) in [6.07, 6.45) is 0.239. The SMILES string of the molecule is CC(C)(C)OC(=O)CCOCCOCCOCCOCCOCCOCCOCCOCCS. The van der Waals surface area contributed by atoms with Gasteiger partial charge in [0.05, 0.1) is 112 Å². The molecule has 0 aliphatic carbocycles. The van der Waals surface area contributed by atoms with Gasteiger partial charge in [-0.2, -0.15) is 12.6 Å². The van der Waals surface area contributed by atoms with E-state index in [-0.39, 0.29) is 12.4 Å². The molecule has 0 atom stereocenters. The summed E-state index contributed by atoms with van der Waals surface area (Å²) in [5, 5.41) is 0. The van der Waals surface area contributed by atoms with E-state index >= 15 is 0 Å². The van der Waals surface area contributed by atoms with Crippen molar-refractivity contribution in [1.82, 2.24) is 0 Å². The molecule has 0 unspecified atom stereocenters. The largest absolute Gasteiger partial charge is 0.460 e. The van der Waals surface area contributed by atoms with E-state index in [9.17, 15) is 4.79 Å². The number of hydrogen-bond donors (Lipinski definition) is 1. The first-order valence-corrected chi connectivity index (χ1v) is 12.5. The van der Waals surface area contributed by atoms with Crippen LogP contribution in [0, 0.1) is 0 Å². The van der Waals surface area contributed by atoms with Gasteiger partial charge in [-0.1, -0.05) is 0 Å². The summed E-state index contributed by atoms with van der Waals surface area (Å²) >= 11 is 4.06. The van der Waals surface area contributed by atoms with E-state index in [1.165, 1.54) is 0 Å². The summed E-state index contributed by atoms with van der Waals surface area (Å²) < 4.78 is 48.2. The van der Waals surface area contributed by atoms with Crippen LogP contribution >= 0.6 is 12.6 Å². The van der Waals surface area contributed by atoms with Gasteiger partial charge in [0.25, 0.3) is 0 Å². The molecule has 0 spiro atoms. The minimum atomic E-state index is -0.465. The van der Waals surface area contributed by atoms with Crippen LogP contribution in [0.25, 0.3) is 0 Å². The molecule has 0 fully saturated rings. The average Bonchev–Trinajstić information content (AvgIpc) is 2.78. The van der Waals surface area contributed by atoms with Crippen molar-refractivity contribution in [3.8, 4) is 0 Å². The van der Waals surface area contributed by atoms with Gasteiger partial charge in [0.1, 0.15) is 5.60 Å². The normalized spacial score (nSPS) is 11.8. The molecule has 34 heavy (non-hydrogen) atoms. The van der Waals surface area contributed by atoms with Crippen LogP contribution in [0.1, 0.15) is 27.2 Å². The first kappa shape index (κ1) is 33.5. The Kier molecular flexibility index (Phi) is 25.2. The molecule has 0 saturated carbocycles. The van der Waals surface area contributed by atoms with E-state index in [2.05, 4.69) is 12.6 Å². The second kappa shape index (κ2) is 25.6. The van der Waals surface area contributed by atoms with Crippen molar-refractivity contribution in [2.24, 2.45) is 0 Å². The molecule has 0 aliphatic rings. The van der Waals surface area contributed by atoms with E-state index in [0.29, 0.717) is 106 Å². The maximum absolute atomic E-state index is 11.5. The van der Waals surface area contributed by atoms with Crippen LogP contribution < -0.4 is 0 Å². The standard InChI is InChI=1S/C23H46O10S/c1-23(2,3)33-22(24)4-5-25-6-7-26-8-9-27-10-11-28-12-13-29-14-15-30-16-17-31-18-19-32-20-21-34/h34H,4-21H2,1-3H3. The second-order valence-corrected chi connectivity index (χ2v) is 8.41. The van der Waals surface area contributed by atoms with Gasteiger partial charge in [-0.05, 0) is 20.8 Å². The van der Waals surface area contributed by atoms with E-state index in [0.717, 1.165) is 5.75 Å². The Morgan fingerprint density at radius 1 is 0.500 bits per heavy atom. The predicted octanol–water partition coefficient (Wildman–Crippen LogP) is 1.78. The van der Waals surface area contributed by atoms with Gasteiger partial charge in [-0.3, -0.25) is 4.79 Å². The van der Waals surface area contributed by atoms with Gasteiger partial charge in [-0.15, -0.1) is 0 Å². The highest BCUT2D eigenvalue weighted by Gasteiger charge is 2.15. The smallest absolute Gasteiger partial charge is 0.308 e. The van der Waals surface area contributed by atoms with E-state index < -0.39 is 5.60 Å². The topological polar surface area (TPSA) is 100 Å². The maximum atomic E-state index is 11.5. The van der Waals surface area contributed by atoms with Crippen molar-refractivity contribution in [2.75, 3.05) is 111 Å². The van der Waals surface area contributed by atoms with Crippen LogP contribution in [-0.2, 0) is 47.4 Å². The third-order valence-electron chi connectivity index (χ3n) is 3.71. The molecule has 11 heteroatoms. The Hall–Kier alpha value is -0.500. The predicted molar refractivity (Wildman–Crippen MR) is 131 cm³/mol. The monoisotopic (exact) mass is 514 g/mol. The highest BCUT2D eigenvalue weighted by molar-refractivity contribution is 7.80. The maximum Gasteiger partial charge on any atom is 0.308 e. The summed E-state index contributed by atoms with van der Waals surface area (Å²) in [6, 6.07) is 0. The molecule has 0 bridgehead atoms. The summed E-state index contributed by atoms with van der Waals surface area (Å²) in [6.45, 7) is 13.6. The fourth-order valence-electron chi connectivity index (χ4n) is 2.25. The number of carbonyl (C=O) groups is 1. The molecule has 0 N–H and O–H groups in total. The van der Waals surface area contributed by atoms with Gasteiger partial charge in [-0.25, -0.2) is 0 Å². The number of ether oxygens (including phenoxy) is 9. The minimum absolute atomic E-state index is 0.239. The van der Waals surface area contributed by atoms with Crippen LogP contribution in [0.5, 0.6) is 0 Å². The van der Waals surface area contributed by atoms with E-state index in [1.807, 2.05) is 20.8 Å². The second-order valence-electron chi connectivity index (χ2n) is 7.96. The lowest BCUT2D eigenvalue weighted by molar-refractivity contribution is -0.156. The number of rotatable bonds is 26. The number of thiol groups is 1. The van der Waals surface area contributed by atoms with Crippen LogP contribution in [-0.4, -0.2) is 123 Å². The lowest BCUT2D eigenvalue weighted by atomic mass is 10.2. The van der Waals surface area contributed by atoms with Gasteiger partial charge < -0.3 is 42.6 Å². The minimum Gasteiger partial charge on any atom is -0.460 e. The summed E-state index contributed by atoms with van der Waals surface area (Å²) in [5.74, 6) is 0.459. The van der Waals surface area contributed by atoms with Crippen molar-refractivity contribution in [3.63, 3.8) is 0 Å². The third kappa shape index (κ3) is 29.5. The van der Waals surface area contributed by atoms with Crippen LogP contribution in [0.3, 0.4) is 0 Å². The molecule has 0 radical (unpaired) electrons. The van der Waals surface area contributed by atoms with Crippen LogP contribution in [0.2, 0.25) is 0 Å². The third-order valence-corrected chi connectivity index (χ3v) is 3.89. The number of hydrogen-bond acceptors (Lipinski definition) is 11. The zero-order chi connectivity index (χ0) is 25.2. The Labute approximate surface area is 210 Å². The van der Waals surface area contributed by atoms with E-state index in [1.54, 1.807) is 0 Å². The fraction of sp³-hybridized carbons (Fsp3) is 0.957. The summed E-state index contributed by atoms with van der Waals surface area (Å²) in [4.78, 5) is 11.5. The molecule has 0 aromatic rings. The Morgan fingerprint density at radius 2 is 0.765 bits per heavy atom. The molecular weight excluding hydrogens is 468 g/mol. The van der Waals surface area contributed by atoms with Crippen molar-refractivity contribution < 1.29 is 47.4 Å². The van der Waals surface area contributed by atoms with Crippen molar-refractivity contribution in [3.05, 3.63) is 0 Å². The number of carbonyl (C=O) groups excluding carboxylic acids is 1. The highest BCUT2D eigenvalue weighted by atomic mass is 32.1. The Morgan fingerprint density at radius 3 is 1.03 bits per heavy atom. The van der Waals surface area contributed by atoms with Gasteiger partial charge in [0.2, 0.25) is 0 Å². The lowest BCUT2D eigenvalue weighted by Crippen LogP contribution is -2.24. The number of esters is 1. The molecule has 0 saturated heterocycles.